The van der Waals surface area contributed by atoms with Crippen LogP contribution in [0.2, 0.25) is 0 Å². The second-order valence-corrected chi connectivity index (χ2v) is 9.68. The first-order valence-electron chi connectivity index (χ1n) is 13.2. The van der Waals surface area contributed by atoms with Crippen molar-refractivity contribution in [3.05, 3.63) is 65.9 Å². The number of hydrogen-bond acceptors (Lipinski definition) is 9. The Bertz CT molecular complexity index is 1250. The Morgan fingerprint density at radius 1 is 1.05 bits per heavy atom. The number of ether oxygens (including phenoxy) is 2. The molecule has 2 N–H and O–H groups in total. The normalized spacial score (nSPS) is 17.2. The lowest BCUT2D eigenvalue weighted by molar-refractivity contribution is 0.0254. The molecule has 198 valence electrons. The Kier molecular flexibility index (Phi) is 8.78. The van der Waals surface area contributed by atoms with E-state index in [0.717, 1.165) is 69.1 Å². The zero-order valence-electron chi connectivity index (χ0n) is 21.6. The number of nitriles is 1. The number of aliphatic hydroxyl groups excluding tert-OH is 1. The molecule has 5 rings (SSSR count). The van der Waals surface area contributed by atoms with E-state index in [9.17, 15) is 5.26 Å². The maximum Gasteiger partial charge on any atom is 0.227 e. The molecule has 38 heavy (non-hydrogen) atoms. The fourth-order valence-electron chi connectivity index (χ4n) is 4.88. The summed E-state index contributed by atoms with van der Waals surface area (Å²) in [4.78, 5) is 13.8. The molecule has 9 nitrogen and oxygen atoms in total. The highest BCUT2D eigenvalue weighted by Gasteiger charge is 2.18. The van der Waals surface area contributed by atoms with Gasteiger partial charge in [-0.1, -0.05) is 12.1 Å². The van der Waals surface area contributed by atoms with Crippen LogP contribution in [0.15, 0.2) is 54.7 Å². The minimum absolute atomic E-state index is 0.0724. The SMILES string of the molecule is N#Cc1cc(-c2ccnc(Nc3cccc(CN4CCN(CCO)CC4)c3)n2)ccc1OC1CCOCC1. The highest BCUT2D eigenvalue weighted by molar-refractivity contribution is 5.66. The molecule has 2 aliphatic rings. The summed E-state index contributed by atoms with van der Waals surface area (Å²) in [5.41, 5.74) is 4.21. The molecule has 2 saturated heterocycles. The van der Waals surface area contributed by atoms with Crippen LogP contribution in [0.3, 0.4) is 0 Å². The molecular weight excluding hydrogens is 480 g/mol. The van der Waals surface area contributed by atoms with Crippen molar-refractivity contribution in [2.45, 2.75) is 25.5 Å². The molecule has 0 bridgehead atoms. The highest BCUT2D eigenvalue weighted by Crippen LogP contribution is 2.28. The third-order valence-corrected chi connectivity index (χ3v) is 6.98. The molecule has 0 saturated carbocycles. The third kappa shape index (κ3) is 6.85. The molecule has 9 heteroatoms. The Morgan fingerprint density at radius 3 is 2.66 bits per heavy atom. The molecule has 2 aliphatic heterocycles. The number of aromatic nitrogens is 2. The second-order valence-electron chi connectivity index (χ2n) is 9.68. The number of aliphatic hydroxyl groups is 1. The summed E-state index contributed by atoms with van der Waals surface area (Å²) in [7, 11) is 0. The molecule has 3 heterocycles. The van der Waals surface area contributed by atoms with Crippen LogP contribution in [0.5, 0.6) is 5.75 Å². The molecule has 1 aromatic heterocycles. The molecule has 0 spiro atoms. The van der Waals surface area contributed by atoms with Gasteiger partial charge >= 0.3 is 0 Å². The van der Waals surface area contributed by atoms with Gasteiger partial charge in [-0.2, -0.15) is 5.26 Å². The Hall–Kier alpha value is -3.55. The molecule has 3 aromatic rings. The highest BCUT2D eigenvalue weighted by atomic mass is 16.5. The number of piperazine rings is 1. The predicted molar refractivity (Wildman–Crippen MR) is 145 cm³/mol. The van der Waals surface area contributed by atoms with E-state index >= 15 is 0 Å². The van der Waals surface area contributed by atoms with Crippen LogP contribution in [0, 0.1) is 11.3 Å². The summed E-state index contributed by atoms with van der Waals surface area (Å²) in [6.45, 7) is 7.16. The maximum absolute atomic E-state index is 9.73. The van der Waals surface area contributed by atoms with Gasteiger partial charge in [0.2, 0.25) is 5.95 Å². The molecule has 2 fully saturated rings. The number of benzene rings is 2. The van der Waals surface area contributed by atoms with Gasteiger partial charge in [0.05, 0.1) is 31.1 Å². The van der Waals surface area contributed by atoms with E-state index in [1.54, 1.807) is 6.20 Å². The average Bonchev–Trinajstić information content (AvgIpc) is 2.95. The molecule has 0 atom stereocenters. The smallest absolute Gasteiger partial charge is 0.227 e. The van der Waals surface area contributed by atoms with E-state index in [2.05, 4.69) is 38.3 Å². The van der Waals surface area contributed by atoms with E-state index in [0.29, 0.717) is 30.5 Å². The molecule has 0 amide bonds. The Morgan fingerprint density at radius 2 is 1.87 bits per heavy atom. The summed E-state index contributed by atoms with van der Waals surface area (Å²) in [6.07, 6.45) is 3.45. The molecule has 0 unspecified atom stereocenters. The van der Waals surface area contributed by atoms with Crippen molar-refractivity contribution in [1.82, 2.24) is 19.8 Å². The summed E-state index contributed by atoms with van der Waals surface area (Å²) in [5.74, 6) is 1.10. The molecule has 0 aliphatic carbocycles. The number of β-amino-alcohol motifs (C(OH)–C–C–N with tert-alkyl or cyclic N) is 1. The first-order valence-corrected chi connectivity index (χ1v) is 13.2. The minimum Gasteiger partial charge on any atom is -0.489 e. The van der Waals surface area contributed by atoms with Crippen molar-refractivity contribution in [2.24, 2.45) is 0 Å². The van der Waals surface area contributed by atoms with Crippen molar-refractivity contribution in [2.75, 3.05) is 57.9 Å². The lowest BCUT2D eigenvalue weighted by Gasteiger charge is -2.34. The summed E-state index contributed by atoms with van der Waals surface area (Å²) in [6, 6.07) is 18.0. The van der Waals surface area contributed by atoms with Crippen LogP contribution in [-0.4, -0.2) is 83.5 Å². The van der Waals surface area contributed by atoms with Crippen molar-refractivity contribution in [3.8, 4) is 23.1 Å². The van der Waals surface area contributed by atoms with E-state index in [1.807, 2.05) is 36.4 Å². The first-order chi connectivity index (χ1) is 18.7. The third-order valence-electron chi connectivity index (χ3n) is 6.98. The van der Waals surface area contributed by atoms with Crippen LogP contribution in [0.4, 0.5) is 11.6 Å². The van der Waals surface area contributed by atoms with Crippen molar-refractivity contribution in [3.63, 3.8) is 0 Å². The quantitative estimate of drug-likeness (QED) is 0.444. The minimum atomic E-state index is 0.0724. The van der Waals surface area contributed by atoms with Crippen LogP contribution >= 0.6 is 0 Å². The maximum atomic E-state index is 9.73. The topological polar surface area (TPSA) is 107 Å². The van der Waals surface area contributed by atoms with E-state index < -0.39 is 0 Å². The van der Waals surface area contributed by atoms with Gasteiger partial charge in [-0.15, -0.1) is 0 Å². The van der Waals surface area contributed by atoms with Crippen molar-refractivity contribution >= 4 is 11.6 Å². The van der Waals surface area contributed by atoms with Gasteiger partial charge in [0.15, 0.2) is 0 Å². The zero-order valence-corrected chi connectivity index (χ0v) is 21.6. The lowest BCUT2D eigenvalue weighted by atomic mass is 10.1. The van der Waals surface area contributed by atoms with Crippen molar-refractivity contribution < 1.29 is 14.6 Å². The van der Waals surface area contributed by atoms with Crippen molar-refractivity contribution in [1.29, 1.82) is 5.26 Å². The van der Waals surface area contributed by atoms with Gasteiger partial charge < -0.3 is 19.9 Å². The van der Waals surface area contributed by atoms with Gasteiger partial charge in [0.25, 0.3) is 0 Å². The predicted octanol–water partition coefficient (Wildman–Crippen LogP) is 3.43. The van der Waals surface area contributed by atoms with Crippen LogP contribution < -0.4 is 10.1 Å². The standard InChI is InChI=1S/C29H34N6O3/c30-20-24-19-23(4-5-28(24)38-26-7-16-37-17-8-26)27-6-9-31-29(33-27)32-25-3-1-2-22(18-25)21-35-12-10-34(11-13-35)14-15-36/h1-6,9,18-19,26,36H,7-8,10-17,21H2,(H,31,32,33). The molecular formula is C29H34N6O3. The van der Waals surface area contributed by atoms with Gasteiger partial charge in [0, 0.05) is 69.6 Å². The van der Waals surface area contributed by atoms with E-state index in [-0.39, 0.29) is 12.7 Å². The van der Waals surface area contributed by atoms with Crippen LogP contribution in [0.25, 0.3) is 11.3 Å². The Labute approximate surface area is 223 Å². The first kappa shape index (κ1) is 26.1. The fourth-order valence-corrected chi connectivity index (χ4v) is 4.88. The zero-order chi connectivity index (χ0) is 26.2. The van der Waals surface area contributed by atoms with Crippen LogP contribution in [0.1, 0.15) is 24.0 Å². The monoisotopic (exact) mass is 514 g/mol. The second kappa shape index (κ2) is 12.8. The van der Waals surface area contributed by atoms with E-state index in [4.69, 9.17) is 19.6 Å². The van der Waals surface area contributed by atoms with E-state index in [1.165, 1.54) is 5.56 Å². The number of rotatable bonds is 9. The number of nitrogens with one attached hydrogen (secondary N) is 1. The van der Waals surface area contributed by atoms with Gasteiger partial charge in [-0.3, -0.25) is 9.80 Å². The average molecular weight is 515 g/mol. The van der Waals surface area contributed by atoms with Gasteiger partial charge in [-0.05, 0) is 42.0 Å². The van der Waals surface area contributed by atoms with Crippen LogP contribution in [-0.2, 0) is 11.3 Å². The summed E-state index contributed by atoms with van der Waals surface area (Å²) >= 11 is 0. The fraction of sp³-hybridized carbons (Fsp3) is 0.414. The molecule has 0 radical (unpaired) electrons. The largest absolute Gasteiger partial charge is 0.489 e. The number of nitrogens with zero attached hydrogens (tertiary/aromatic N) is 5. The van der Waals surface area contributed by atoms with Gasteiger partial charge in [0.1, 0.15) is 17.9 Å². The molecule has 2 aromatic carbocycles. The number of anilines is 2. The Balaban J connectivity index is 1.24. The lowest BCUT2D eigenvalue weighted by Crippen LogP contribution is -2.46. The summed E-state index contributed by atoms with van der Waals surface area (Å²) in [5, 5.41) is 22.2. The summed E-state index contributed by atoms with van der Waals surface area (Å²) < 4.78 is 11.5. The van der Waals surface area contributed by atoms with Gasteiger partial charge in [-0.25, -0.2) is 9.97 Å². The number of hydrogen-bond donors (Lipinski definition) is 2.